The molecule has 2 amide bonds. The van der Waals surface area contributed by atoms with Gasteiger partial charge in [0.2, 0.25) is 5.91 Å². The Morgan fingerprint density at radius 1 is 1.21 bits per heavy atom. The standard InChI is InChI=1S/C22H22N2O4/c1-13-11-15-7-4-5-9-17(15)24(13)22(26)14(2)23-21(25)19-12-16-8-6-10-18(27-3)20(16)28-19/h4-10,12-14H,11H2,1-3H3,(H,23,25). The number of carbonyl (C=O) groups is 2. The van der Waals surface area contributed by atoms with E-state index in [9.17, 15) is 9.59 Å². The van der Waals surface area contributed by atoms with E-state index in [-0.39, 0.29) is 17.7 Å². The maximum absolute atomic E-state index is 13.0. The summed E-state index contributed by atoms with van der Waals surface area (Å²) in [4.78, 5) is 27.4. The molecule has 3 aromatic rings. The van der Waals surface area contributed by atoms with E-state index in [1.165, 1.54) is 0 Å². The zero-order chi connectivity index (χ0) is 19.8. The Kier molecular flexibility index (Phi) is 4.55. The topological polar surface area (TPSA) is 71.8 Å². The number of hydrogen-bond acceptors (Lipinski definition) is 4. The van der Waals surface area contributed by atoms with Crippen molar-refractivity contribution >= 4 is 28.5 Å². The predicted molar refractivity (Wildman–Crippen MR) is 107 cm³/mol. The van der Waals surface area contributed by atoms with Gasteiger partial charge in [-0.1, -0.05) is 30.3 Å². The largest absolute Gasteiger partial charge is 0.493 e. The number of nitrogens with one attached hydrogen (secondary N) is 1. The van der Waals surface area contributed by atoms with Gasteiger partial charge in [-0.25, -0.2) is 0 Å². The zero-order valence-corrected chi connectivity index (χ0v) is 16.1. The summed E-state index contributed by atoms with van der Waals surface area (Å²) in [6.07, 6.45) is 0.811. The molecule has 0 bridgehead atoms. The van der Waals surface area contributed by atoms with Crippen molar-refractivity contribution in [3.63, 3.8) is 0 Å². The van der Waals surface area contributed by atoms with Crippen molar-refractivity contribution in [2.75, 3.05) is 12.0 Å². The molecule has 1 aliphatic rings. The fourth-order valence-electron chi connectivity index (χ4n) is 3.75. The van der Waals surface area contributed by atoms with Crippen molar-refractivity contribution in [1.82, 2.24) is 5.32 Å². The lowest BCUT2D eigenvalue weighted by atomic mass is 10.1. The monoisotopic (exact) mass is 378 g/mol. The molecule has 0 saturated carbocycles. The van der Waals surface area contributed by atoms with Crippen LogP contribution in [-0.2, 0) is 11.2 Å². The average Bonchev–Trinajstić information content (AvgIpc) is 3.27. The summed E-state index contributed by atoms with van der Waals surface area (Å²) in [5.74, 6) is 0.135. The minimum absolute atomic E-state index is 0.0553. The lowest BCUT2D eigenvalue weighted by Gasteiger charge is -2.26. The Hall–Kier alpha value is -3.28. The number of rotatable bonds is 4. The second-order valence-corrected chi connectivity index (χ2v) is 7.07. The van der Waals surface area contributed by atoms with E-state index in [0.717, 1.165) is 23.1 Å². The highest BCUT2D eigenvalue weighted by Crippen LogP contribution is 2.32. The molecular formula is C22H22N2O4. The third-order valence-corrected chi connectivity index (χ3v) is 5.11. The van der Waals surface area contributed by atoms with E-state index >= 15 is 0 Å². The number of hydrogen-bond donors (Lipinski definition) is 1. The van der Waals surface area contributed by atoms with Gasteiger partial charge in [0.25, 0.3) is 5.91 Å². The van der Waals surface area contributed by atoms with E-state index in [0.29, 0.717) is 11.3 Å². The van der Waals surface area contributed by atoms with Crippen LogP contribution in [0.25, 0.3) is 11.0 Å². The van der Waals surface area contributed by atoms with Gasteiger partial charge < -0.3 is 19.4 Å². The van der Waals surface area contributed by atoms with Crippen LogP contribution in [-0.4, -0.2) is 31.0 Å². The van der Waals surface area contributed by atoms with Crippen LogP contribution in [0.1, 0.15) is 30.0 Å². The number of fused-ring (bicyclic) bond motifs is 2. The van der Waals surface area contributed by atoms with Crippen molar-refractivity contribution < 1.29 is 18.7 Å². The first-order valence-electron chi connectivity index (χ1n) is 9.28. The van der Waals surface area contributed by atoms with Crippen molar-refractivity contribution in [2.45, 2.75) is 32.4 Å². The Balaban J connectivity index is 1.53. The maximum atomic E-state index is 13.0. The van der Waals surface area contributed by atoms with Crippen molar-refractivity contribution in [3.05, 3.63) is 59.9 Å². The fourth-order valence-corrected chi connectivity index (χ4v) is 3.75. The summed E-state index contributed by atoms with van der Waals surface area (Å²) in [7, 11) is 1.55. The van der Waals surface area contributed by atoms with Gasteiger partial charge in [-0.2, -0.15) is 0 Å². The summed E-state index contributed by atoms with van der Waals surface area (Å²) in [6.45, 7) is 3.70. The van der Waals surface area contributed by atoms with Crippen LogP contribution in [0.2, 0.25) is 0 Å². The maximum Gasteiger partial charge on any atom is 0.287 e. The van der Waals surface area contributed by atoms with Gasteiger partial charge in [0, 0.05) is 17.1 Å². The Labute approximate surface area is 163 Å². The van der Waals surface area contributed by atoms with Crippen molar-refractivity contribution in [2.24, 2.45) is 0 Å². The molecule has 0 saturated heterocycles. The van der Waals surface area contributed by atoms with Crippen LogP contribution < -0.4 is 15.0 Å². The number of para-hydroxylation sites is 2. The molecule has 0 aliphatic carbocycles. The molecule has 1 N–H and O–H groups in total. The van der Waals surface area contributed by atoms with Gasteiger partial charge in [-0.15, -0.1) is 0 Å². The first-order valence-corrected chi connectivity index (χ1v) is 9.28. The molecule has 0 fully saturated rings. The quantitative estimate of drug-likeness (QED) is 0.754. The van der Waals surface area contributed by atoms with Crippen molar-refractivity contribution in [1.29, 1.82) is 0 Å². The molecule has 4 rings (SSSR count). The lowest BCUT2D eigenvalue weighted by Crippen LogP contribution is -2.49. The average molecular weight is 378 g/mol. The number of benzene rings is 2. The zero-order valence-electron chi connectivity index (χ0n) is 16.1. The fraction of sp³-hybridized carbons (Fsp3) is 0.273. The Bertz CT molecular complexity index is 1060. The summed E-state index contributed by atoms with van der Waals surface area (Å²) in [5.41, 5.74) is 2.57. The second-order valence-electron chi connectivity index (χ2n) is 7.07. The molecular weight excluding hydrogens is 356 g/mol. The number of ether oxygens (including phenoxy) is 1. The third-order valence-electron chi connectivity index (χ3n) is 5.11. The van der Waals surface area contributed by atoms with Gasteiger partial charge in [-0.05, 0) is 44.0 Å². The van der Waals surface area contributed by atoms with E-state index in [4.69, 9.17) is 9.15 Å². The molecule has 0 spiro atoms. The van der Waals surface area contributed by atoms with Crippen LogP contribution in [0.15, 0.2) is 52.9 Å². The second kappa shape index (κ2) is 7.03. The highest BCUT2D eigenvalue weighted by atomic mass is 16.5. The number of carbonyl (C=O) groups excluding carboxylic acids is 2. The molecule has 1 aliphatic heterocycles. The highest BCUT2D eigenvalue weighted by molar-refractivity contribution is 6.04. The molecule has 0 radical (unpaired) electrons. The Morgan fingerprint density at radius 3 is 2.79 bits per heavy atom. The van der Waals surface area contributed by atoms with E-state index in [1.807, 2.05) is 43.3 Å². The van der Waals surface area contributed by atoms with Gasteiger partial charge in [0.05, 0.1) is 7.11 Å². The van der Waals surface area contributed by atoms with Crippen LogP contribution in [0.5, 0.6) is 5.75 Å². The highest BCUT2D eigenvalue weighted by Gasteiger charge is 2.33. The summed E-state index contributed by atoms with van der Waals surface area (Å²) in [6, 6.07) is 14.3. The molecule has 2 aromatic carbocycles. The smallest absolute Gasteiger partial charge is 0.287 e. The molecule has 144 valence electrons. The van der Waals surface area contributed by atoms with E-state index in [1.54, 1.807) is 31.1 Å². The van der Waals surface area contributed by atoms with Crippen LogP contribution >= 0.6 is 0 Å². The molecule has 2 atom stereocenters. The van der Waals surface area contributed by atoms with E-state index < -0.39 is 11.9 Å². The number of furan rings is 1. The first-order chi connectivity index (χ1) is 13.5. The summed E-state index contributed by atoms with van der Waals surface area (Å²) < 4.78 is 10.9. The minimum atomic E-state index is -0.684. The van der Waals surface area contributed by atoms with Gasteiger partial charge in [-0.3, -0.25) is 9.59 Å². The third kappa shape index (κ3) is 3.01. The predicted octanol–water partition coefficient (Wildman–Crippen LogP) is 3.54. The minimum Gasteiger partial charge on any atom is -0.493 e. The number of nitrogens with zero attached hydrogens (tertiary/aromatic N) is 1. The van der Waals surface area contributed by atoms with Crippen LogP contribution in [0, 0.1) is 0 Å². The van der Waals surface area contributed by atoms with Crippen molar-refractivity contribution in [3.8, 4) is 5.75 Å². The molecule has 1 aromatic heterocycles. The molecule has 2 heterocycles. The van der Waals surface area contributed by atoms with Gasteiger partial charge in [0.1, 0.15) is 6.04 Å². The van der Waals surface area contributed by atoms with Crippen LogP contribution in [0.4, 0.5) is 5.69 Å². The molecule has 28 heavy (non-hydrogen) atoms. The molecule has 6 nitrogen and oxygen atoms in total. The number of amides is 2. The molecule has 2 unspecified atom stereocenters. The first kappa shape index (κ1) is 18.1. The summed E-state index contributed by atoms with van der Waals surface area (Å²) in [5, 5.41) is 3.53. The van der Waals surface area contributed by atoms with Gasteiger partial charge >= 0.3 is 0 Å². The molecule has 6 heteroatoms. The number of anilines is 1. The SMILES string of the molecule is COc1cccc2cc(C(=O)NC(C)C(=O)N3c4ccccc4CC3C)oc12. The van der Waals surface area contributed by atoms with Gasteiger partial charge in [0.15, 0.2) is 17.1 Å². The normalized spacial score (nSPS) is 16.7. The Morgan fingerprint density at radius 2 is 2.00 bits per heavy atom. The van der Waals surface area contributed by atoms with Crippen LogP contribution in [0.3, 0.4) is 0 Å². The lowest BCUT2D eigenvalue weighted by molar-refractivity contribution is -0.120. The number of methoxy groups -OCH3 is 1. The van der Waals surface area contributed by atoms with E-state index in [2.05, 4.69) is 5.32 Å². The summed E-state index contributed by atoms with van der Waals surface area (Å²) >= 11 is 0.